The van der Waals surface area contributed by atoms with E-state index in [1.807, 2.05) is 0 Å². The molecule has 0 saturated heterocycles. The average Bonchev–Trinajstić information content (AvgIpc) is 2.25. The van der Waals surface area contributed by atoms with E-state index in [0.29, 0.717) is 5.78 Å². The van der Waals surface area contributed by atoms with Gasteiger partial charge in [-0.15, -0.1) is 0 Å². The second-order valence-electron chi connectivity index (χ2n) is 4.30. The largest absolute Gasteiger partial charge is 0.300 e. The molecule has 0 heterocycles. The van der Waals surface area contributed by atoms with Crippen LogP contribution >= 0.6 is 0 Å². The molecule has 0 aromatic heterocycles. The standard InChI is InChI=1S/C15H26O/c1-3-4-5-6-7-8-9-10-11-12-13-14-15(2)16/h5-8H,3-4,9-14H2,1-2H3/b6-5-,8-7+. The van der Waals surface area contributed by atoms with Crippen LogP contribution in [0.4, 0.5) is 0 Å². The summed E-state index contributed by atoms with van der Waals surface area (Å²) >= 11 is 0. The molecule has 0 bridgehead atoms. The molecule has 0 atom stereocenters. The van der Waals surface area contributed by atoms with Gasteiger partial charge < -0.3 is 4.79 Å². The third-order valence-corrected chi connectivity index (χ3v) is 2.49. The first kappa shape index (κ1) is 15.2. The third-order valence-electron chi connectivity index (χ3n) is 2.49. The van der Waals surface area contributed by atoms with E-state index in [9.17, 15) is 4.79 Å². The van der Waals surface area contributed by atoms with E-state index < -0.39 is 0 Å². The first-order chi connectivity index (χ1) is 7.77. The lowest BCUT2D eigenvalue weighted by atomic mass is 10.1. The Balaban J connectivity index is 3.17. The van der Waals surface area contributed by atoms with E-state index in [1.54, 1.807) is 6.92 Å². The van der Waals surface area contributed by atoms with Gasteiger partial charge in [-0.1, -0.05) is 50.5 Å². The highest BCUT2D eigenvalue weighted by molar-refractivity contribution is 5.75. The maximum atomic E-state index is 10.7. The molecular formula is C15H26O. The molecule has 0 aliphatic rings. The van der Waals surface area contributed by atoms with Crippen molar-refractivity contribution < 1.29 is 4.79 Å². The van der Waals surface area contributed by atoms with Gasteiger partial charge in [-0.3, -0.25) is 0 Å². The Morgan fingerprint density at radius 1 is 0.938 bits per heavy atom. The summed E-state index contributed by atoms with van der Waals surface area (Å²) < 4.78 is 0. The molecule has 0 unspecified atom stereocenters. The van der Waals surface area contributed by atoms with Crippen LogP contribution in [-0.2, 0) is 4.79 Å². The summed E-state index contributed by atoms with van der Waals surface area (Å²) in [6, 6.07) is 0. The lowest BCUT2D eigenvalue weighted by Crippen LogP contribution is -1.88. The molecular weight excluding hydrogens is 196 g/mol. The van der Waals surface area contributed by atoms with Gasteiger partial charge in [-0.25, -0.2) is 0 Å². The fourth-order valence-corrected chi connectivity index (χ4v) is 1.51. The van der Waals surface area contributed by atoms with Gasteiger partial charge in [0.1, 0.15) is 5.78 Å². The maximum absolute atomic E-state index is 10.7. The zero-order chi connectivity index (χ0) is 12.1. The van der Waals surface area contributed by atoms with E-state index in [4.69, 9.17) is 0 Å². The average molecular weight is 222 g/mol. The molecule has 0 spiro atoms. The predicted octanol–water partition coefficient (Wildman–Crippen LogP) is 4.83. The van der Waals surface area contributed by atoms with Crippen molar-refractivity contribution in [3.05, 3.63) is 24.3 Å². The molecule has 0 N–H and O–H groups in total. The van der Waals surface area contributed by atoms with Crippen molar-refractivity contribution in [2.75, 3.05) is 0 Å². The third kappa shape index (κ3) is 13.2. The van der Waals surface area contributed by atoms with Gasteiger partial charge in [0.2, 0.25) is 0 Å². The van der Waals surface area contributed by atoms with Gasteiger partial charge in [-0.2, -0.15) is 0 Å². The monoisotopic (exact) mass is 222 g/mol. The molecule has 0 aromatic carbocycles. The number of allylic oxidation sites excluding steroid dienone is 4. The number of rotatable bonds is 10. The van der Waals surface area contributed by atoms with E-state index in [1.165, 1.54) is 32.1 Å². The van der Waals surface area contributed by atoms with Gasteiger partial charge >= 0.3 is 0 Å². The Morgan fingerprint density at radius 2 is 1.56 bits per heavy atom. The number of ketones is 1. The van der Waals surface area contributed by atoms with E-state index in [0.717, 1.165) is 19.3 Å². The van der Waals surface area contributed by atoms with Crippen molar-refractivity contribution in [2.45, 2.75) is 65.2 Å². The summed E-state index contributed by atoms with van der Waals surface area (Å²) in [5.41, 5.74) is 0. The van der Waals surface area contributed by atoms with Gasteiger partial charge in [0.05, 0.1) is 0 Å². The summed E-state index contributed by atoms with van der Waals surface area (Å²) in [6.45, 7) is 3.86. The first-order valence-corrected chi connectivity index (χ1v) is 6.58. The maximum Gasteiger partial charge on any atom is 0.129 e. The lowest BCUT2D eigenvalue weighted by Gasteiger charge is -1.96. The fourth-order valence-electron chi connectivity index (χ4n) is 1.51. The van der Waals surface area contributed by atoms with E-state index in [-0.39, 0.29) is 0 Å². The number of hydrogen-bond donors (Lipinski definition) is 0. The topological polar surface area (TPSA) is 17.1 Å². The number of Topliss-reactive ketones (excluding diaryl/α,β-unsaturated/α-hetero) is 1. The van der Waals surface area contributed by atoms with Gasteiger partial charge in [0.15, 0.2) is 0 Å². The van der Waals surface area contributed by atoms with E-state index >= 15 is 0 Å². The molecule has 0 aliphatic carbocycles. The summed E-state index contributed by atoms with van der Waals surface area (Å²) in [5.74, 6) is 0.320. The smallest absolute Gasteiger partial charge is 0.129 e. The van der Waals surface area contributed by atoms with Crippen LogP contribution < -0.4 is 0 Å². The molecule has 16 heavy (non-hydrogen) atoms. The minimum absolute atomic E-state index is 0.320. The predicted molar refractivity (Wildman–Crippen MR) is 71.6 cm³/mol. The quantitative estimate of drug-likeness (QED) is 0.382. The van der Waals surface area contributed by atoms with Gasteiger partial charge in [-0.05, 0) is 32.6 Å². The summed E-state index contributed by atoms with van der Waals surface area (Å²) in [6.07, 6.45) is 17.8. The van der Waals surface area contributed by atoms with Crippen molar-refractivity contribution in [1.82, 2.24) is 0 Å². The minimum atomic E-state index is 0.320. The number of carbonyl (C=O) groups is 1. The van der Waals surface area contributed by atoms with Crippen LogP contribution in [0.2, 0.25) is 0 Å². The highest BCUT2D eigenvalue weighted by atomic mass is 16.1. The first-order valence-electron chi connectivity index (χ1n) is 6.58. The fraction of sp³-hybridized carbons (Fsp3) is 0.667. The lowest BCUT2D eigenvalue weighted by molar-refractivity contribution is -0.117. The molecule has 0 radical (unpaired) electrons. The highest BCUT2D eigenvalue weighted by Crippen LogP contribution is 2.06. The number of unbranched alkanes of at least 4 members (excludes halogenated alkanes) is 5. The Labute approximate surface area is 101 Å². The Hall–Kier alpha value is -0.850. The minimum Gasteiger partial charge on any atom is -0.300 e. The van der Waals surface area contributed by atoms with Crippen molar-refractivity contribution in [1.29, 1.82) is 0 Å². The molecule has 0 aromatic rings. The molecule has 0 aliphatic heterocycles. The molecule has 0 fully saturated rings. The highest BCUT2D eigenvalue weighted by Gasteiger charge is 1.92. The Kier molecular flexibility index (Phi) is 11.6. The Bertz CT molecular complexity index is 213. The van der Waals surface area contributed by atoms with Crippen LogP contribution in [0.25, 0.3) is 0 Å². The Morgan fingerprint density at radius 3 is 2.19 bits per heavy atom. The van der Waals surface area contributed by atoms with Crippen LogP contribution in [0.15, 0.2) is 24.3 Å². The number of carbonyl (C=O) groups excluding carboxylic acids is 1. The van der Waals surface area contributed by atoms with Crippen molar-refractivity contribution in [3.63, 3.8) is 0 Å². The normalized spacial score (nSPS) is 11.6. The van der Waals surface area contributed by atoms with Crippen molar-refractivity contribution >= 4 is 5.78 Å². The second kappa shape index (κ2) is 12.2. The van der Waals surface area contributed by atoms with Crippen LogP contribution in [0.5, 0.6) is 0 Å². The van der Waals surface area contributed by atoms with Crippen molar-refractivity contribution in [2.24, 2.45) is 0 Å². The molecule has 92 valence electrons. The molecule has 1 heteroatoms. The summed E-state index contributed by atoms with van der Waals surface area (Å²) in [5, 5.41) is 0. The van der Waals surface area contributed by atoms with Gasteiger partial charge in [0.25, 0.3) is 0 Å². The summed E-state index contributed by atoms with van der Waals surface area (Å²) in [4.78, 5) is 10.7. The molecule has 0 amide bonds. The van der Waals surface area contributed by atoms with Crippen LogP contribution in [0.1, 0.15) is 65.2 Å². The van der Waals surface area contributed by atoms with Gasteiger partial charge in [0, 0.05) is 6.42 Å². The van der Waals surface area contributed by atoms with Crippen LogP contribution in [0.3, 0.4) is 0 Å². The zero-order valence-corrected chi connectivity index (χ0v) is 10.9. The SMILES string of the molecule is CCC/C=C\C=C\CCCCCCC(C)=O. The van der Waals surface area contributed by atoms with Crippen LogP contribution in [0, 0.1) is 0 Å². The second-order valence-corrected chi connectivity index (χ2v) is 4.30. The van der Waals surface area contributed by atoms with E-state index in [2.05, 4.69) is 31.2 Å². The molecule has 1 nitrogen and oxygen atoms in total. The number of hydrogen-bond acceptors (Lipinski definition) is 1. The zero-order valence-electron chi connectivity index (χ0n) is 10.9. The van der Waals surface area contributed by atoms with Crippen molar-refractivity contribution in [3.8, 4) is 0 Å². The van der Waals surface area contributed by atoms with Crippen LogP contribution in [-0.4, -0.2) is 5.78 Å². The molecule has 0 rings (SSSR count). The molecule has 0 saturated carbocycles. The summed E-state index contributed by atoms with van der Waals surface area (Å²) in [7, 11) is 0.